The van der Waals surface area contributed by atoms with E-state index in [2.05, 4.69) is 62.8 Å². The first kappa shape index (κ1) is 38.2. The maximum atomic E-state index is 14.7. The van der Waals surface area contributed by atoms with E-state index < -0.39 is 11.2 Å². The molecule has 4 nitrogen and oxygen atoms in total. The van der Waals surface area contributed by atoms with Crippen LogP contribution in [0.3, 0.4) is 0 Å². The molecule has 2 aromatic carbocycles. The predicted octanol–water partition coefficient (Wildman–Crippen LogP) is 8.77. The minimum absolute atomic E-state index is 0.0314. The van der Waals surface area contributed by atoms with Crippen molar-refractivity contribution >= 4 is 40.8 Å². The van der Waals surface area contributed by atoms with Crippen LogP contribution in [0.2, 0.25) is 10.0 Å². The summed E-state index contributed by atoms with van der Waals surface area (Å²) in [5.41, 5.74) is 8.26. The molecule has 1 aliphatic heterocycles. The van der Waals surface area contributed by atoms with Crippen molar-refractivity contribution in [1.82, 2.24) is 4.31 Å². The molecule has 2 unspecified atom stereocenters. The van der Waals surface area contributed by atoms with Gasteiger partial charge in [0.15, 0.2) is 0 Å². The Labute approximate surface area is 256 Å². The molecule has 0 bridgehead atoms. The first-order valence-corrected chi connectivity index (χ1v) is 14.9. The number of rotatable bonds is 8. The number of anilines is 1. The molecule has 1 fully saturated rings. The second-order valence-corrected chi connectivity index (χ2v) is 12.3. The first-order valence-electron chi connectivity index (χ1n) is 13.4. The number of nitrogens with one attached hydrogen (secondary N) is 1. The quantitative estimate of drug-likeness (QED) is 0.206. The molecule has 4 N–H and O–H groups in total. The van der Waals surface area contributed by atoms with Crippen LogP contribution < -0.4 is 11.1 Å². The van der Waals surface area contributed by atoms with Crippen LogP contribution in [0.1, 0.15) is 56.7 Å². The number of nitrogens with zero attached hydrogens (tertiary/aromatic N) is 1. The molecule has 2 aromatic rings. The fourth-order valence-electron chi connectivity index (χ4n) is 4.23. The van der Waals surface area contributed by atoms with Crippen molar-refractivity contribution in [3.8, 4) is 0 Å². The maximum Gasteiger partial charge on any atom is 0.142 e. The van der Waals surface area contributed by atoms with E-state index in [1.165, 1.54) is 0 Å². The average molecular weight is 613 g/mol. The fourth-order valence-corrected chi connectivity index (χ4v) is 5.82. The SMILES string of the molecule is C=C.C=CC(C)(C)SN1CC(c2ccc(C)c(Cl)c2)C(C=C)(c2cc(F)c(Cl)cc2NC)C1.CCCN.CCO. The van der Waals surface area contributed by atoms with Gasteiger partial charge in [-0.05, 0) is 75.5 Å². The molecule has 1 saturated heterocycles. The van der Waals surface area contributed by atoms with Crippen LogP contribution in [0, 0.1) is 12.7 Å². The van der Waals surface area contributed by atoms with Gasteiger partial charge in [0.2, 0.25) is 0 Å². The van der Waals surface area contributed by atoms with Crippen LogP contribution in [0.25, 0.3) is 0 Å². The summed E-state index contributed by atoms with van der Waals surface area (Å²) < 4.78 is 16.9. The summed E-state index contributed by atoms with van der Waals surface area (Å²) in [7, 11) is 1.82. The highest BCUT2D eigenvalue weighted by Gasteiger charge is 2.49. The Hall–Kier alpha value is -1.80. The Morgan fingerprint density at radius 1 is 1.20 bits per heavy atom. The van der Waals surface area contributed by atoms with E-state index in [1.54, 1.807) is 31.0 Å². The molecule has 1 aliphatic rings. The van der Waals surface area contributed by atoms with Crippen LogP contribution in [-0.4, -0.2) is 47.4 Å². The Balaban J connectivity index is 0.00000149. The smallest absolute Gasteiger partial charge is 0.142 e. The van der Waals surface area contributed by atoms with Crippen LogP contribution in [0.15, 0.2) is 68.8 Å². The Morgan fingerprint density at radius 2 is 1.77 bits per heavy atom. The van der Waals surface area contributed by atoms with Gasteiger partial charge in [-0.2, -0.15) is 0 Å². The van der Waals surface area contributed by atoms with Gasteiger partial charge in [-0.15, -0.1) is 26.3 Å². The van der Waals surface area contributed by atoms with Gasteiger partial charge < -0.3 is 16.2 Å². The highest BCUT2D eigenvalue weighted by atomic mass is 35.5. The molecule has 0 aromatic heterocycles. The molecule has 8 heteroatoms. The number of aliphatic hydroxyl groups excluding tert-OH is 1. The van der Waals surface area contributed by atoms with E-state index in [0.29, 0.717) is 6.54 Å². The van der Waals surface area contributed by atoms with E-state index in [1.807, 2.05) is 38.3 Å². The maximum absolute atomic E-state index is 14.7. The van der Waals surface area contributed by atoms with Crippen molar-refractivity contribution in [1.29, 1.82) is 0 Å². The van der Waals surface area contributed by atoms with Crippen LogP contribution in [-0.2, 0) is 5.41 Å². The third kappa shape index (κ3) is 10.2. The van der Waals surface area contributed by atoms with Crippen molar-refractivity contribution in [3.05, 3.63) is 101 Å². The van der Waals surface area contributed by atoms with Crippen molar-refractivity contribution < 1.29 is 9.50 Å². The lowest BCUT2D eigenvalue weighted by atomic mass is 9.69. The van der Waals surface area contributed by atoms with Gasteiger partial charge in [-0.1, -0.05) is 66.4 Å². The molecule has 3 rings (SSSR count). The second-order valence-electron chi connectivity index (χ2n) is 9.69. The van der Waals surface area contributed by atoms with Crippen molar-refractivity contribution in [3.63, 3.8) is 0 Å². The zero-order valence-electron chi connectivity index (χ0n) is 25.0. The van der Waals surface area contributed by atoms with Gasteiger partial charge in [-0.25, -0.2) is 8.70 Å². The number of nitrogens with two attached hydrogens (primary N) is 1. The molecule has 1 heterocycles. The number of halogens is 3. The summed E-state index contributed by atoms with van der Waals surface area (Å²) in [5.74, 6) is -0.404. The molecular formula is C32H48Cl2FN3OS. The highest BCUT2D eigenvalue weighted by Crippen LogP contribution is 2.52. The minimum atomic E-state index is -0.535. The summed E-state index contributed by atoms with van der Waals surface area (Å²) in [5, 5.41) is 11.6. The third-order valence-electron chi connectivity index (χ3n) is 6.38. The molecular weight excluding hydrogens is 564 g/mol. The molecule has 2 atom stereocenters. The normalized spacial score (nSPS) is 18.2. The molecule has 224 valence electrons. The van der Waals surface area contributed by atoms with Crippen molar-refractivity contribution in [2.24, 2.45) is 5.73 Å². The lowest BCUT2D eigenvalue weighted by molar-refractivity contribution is 0.318. The molecule has 0 radical (unpaired) electrons. The van der Waals surface area contributed by atoms with E-state index in [0.717, 1.165) is 46.9 Å². The molecule has 0 aliphatic carbocycles. The van der Waals surface area contributed by atoms with Crippen LogP contribution in [0.5, 0.6) is 0 Å². The molecule has 40 heavy (non-hydrogen) atoms. The lowest BCUT2D eigenvalue weighted by Gasteiger charge is -2.35. The van der Waals surface area contributed by atoms with Gasteiger partial charge >= 0.3 is 0 Å². The summed E-state index contributed by atoms with van der Waals surface area (Å²) in [6.07, 6.45) is 5.00. The summed E-state index contributed by atoms with van der Waals surface area (Å²) >= 11 is 14.3. The Bertz CT molecular complexity index is 1080. The monoisotopic (exact) mass is 611 g/mol. The average Bonchev–Trinajstić information content (AvgIpc) is 3.31. The molecule has 0 spiro atoms. The molecule has 0 saturated carbocycles. The zero-order valence-corrected chi connectivity index (χ0v) is 27.3. The highest BCUT2D eigenvalue weighted by molar-refractivity contribution is 7.98. The van der Waals surface area contributed by atoms with Gasteiger partial charge in [0.05, 0.1) is 5.02 Å². The number of hydrogen-bond acceptors (Lipinski definition) is 5. The van der Waals surface area contributed by atoms with Gasteiger partial charge in [0.1, 0.15) is 5.82 Å². The van der Waals surface area contributed by atoms with Crippen molar-refractivity contribution in [2.45, 2.75) is 57.1 Å². The summed E-state index contributed by atoms with van der Waals surface area (Å²) in [4.78, 5) is 0. The lowest BCUT2D eigenvalue weighted by Crippen LogP contribution is -2.33. The number of aryl methyl sites for hydroxylation is 1. The van der Waals surface area contributed by atoms with Gasteiger partial charge in [0.25, 0.3) is 0 Å². The third-order valence-corrected chi connectivity index (χ3v) is 8.25. The largest absolute Gasteiger partial charge is 0.397 e. The topological polar surface area (TPSA) is 61.5 Å². The second kappa shape index (κ2) is 18.6. The number of benzene rings is 2. The molecule has 0 amide bonds. The van der Waals surface area contributed by atoms with Gasteiger partial charge in [-0.3, -0.25) is 0 Å². The van der Waals surface area contributed by atoms with Gasteiger partial charge in [0, 0.05) is 53.5 Å². The standard InChI is InChI=1S/C25H29Cl2FN2S.C3H9N.C2H6O.C2H4/c1-7-24(4,5)31-30-14-19(17-10-9-16(3)20(26)11-17)25(8-2,15-30)18-12-22(28)21(27)13-23(18)29-6;1-2-3-4;1-2-3;1-2/h7-13,19,29H,1-2,14-15H2,3-6H3;2-4H2,1H3;3H,2H2,1H3;1-2H2. The first-order chi connectivity index (χ1) is 18.9. The summed E-state index contributed by atoms with van der Waals surface area (Å²) in [6.45, 7) is 26.7. The van der Waals surface area contributed by atoms with Crippen LogP contribution in [0.4, 0.5) is 10.1 Å². The zero-order chi connectivity index (χ0) is 31.1. The van der Waals surface area contributed by atoms with Crippen molar-refractivity contribution in [2.75, 3.05) is 38.6 Å². The Kier molecular flexibility index (Phi) is 17.8. The van der Waals surface area contributed by atoms with Crippen LogP contribution >= 0.6 is 35.1 Å². The van der Waals surface area contributed by atoms with E-state index in [-0.39, 0.29) is 22.3 Å². The van der Waals surface area contributed by atoms with E-state index in [9.17, 15) is 4.39 Å². The number of hydrogen-bond donors (Lipinski definition) is 3. The van der Waals surface area contributed by atoms with E-state index >= 15 is 0 Å². The minimum Gasteiger partial charge on any atom is -0.397 e. The summed E-state index contributed by atoms with van der Waals surface area (Å²) in [6, 6.07) is 9.38. The fraction of sp³-hybridized carbons (Fsp3) is 0.438. The predicted molar refractivity (Wildman–Crippen MR) is 179 cm³/mol. The number of aliphatic hydroxyl groups is 1. The Morgan fingerprint density at radius 3 is 2.23 bits per heavy atom. The van der Waals surface area contributed by atoms with E-state index in [4.69, 9.17) is 34.0 Å².